The van der Waals surface area contributed by atoms with E-state index in [0.717, 1.165) is 16.9 Å². The minimum atomic E-state index is -0.697. The second kappa shape index (κ2) is 10.1. The quantitative estimate of drug-likeness (QED) is 0.480. The predicted molar refractivity (Wildman–Crippen MR) is 129 cm³/mol. The van der Waals surface area contributed by atoms with E-state index in [2.05, 4.69) is 10.6 Å². The van der Waals surface area contributed by atoms with Crippen LogP contribution in [-0.4, -0.2) is 25.7 Å². The molecular formula is C27H26N2O5. The maximum absolute atomic E-state index is 13.0. The van der Waals surface area contributed by atoms with Crippen LogP contribution < -0.4 is 20.1 Å². The number of hydrogen-bond donors (Lipinski definition) is 2. The summed E-state index contributed by atoms with van der Waals surface area (Å²) in [6.45, 7) is 3.93. The molecule has 1 unspecified atom stereocenters. The number of para-hydroxylation sites is 1. The van der Waals surface area contributed by atoms with Gasteiger partial charge in [-0.3, -0.25) is 0 Å². The molecule has 3 aromatic carbocycles. The highest BCUT2D eigenvalue weighted by Crippen LogP contribution is 2.34. The first kappa shape index (κ1) is 22.9. The highest BCUT2D eigenvalue weighted by atomic mass is 16.5. The fourth-order valence-electron chi connectivity index (χ4n) is 3.75. The first-order chi connectivity index (χ1) is 16.5. The number of rotatable bonds is 7. The summed E-state index contributed by atoms with van der Waals surface area (Å²) in [5.74, 6) is 1.57. The molecule has 0 spiro atoms. The van der Waals surface area contributed by atoms with Gasteiger partial charge in [0.1, 0.15) is 17.2 Å². The lowest BCUT2D eigenvalue weighted by Gasteiger charge is -2.29. The van der Waals surface area contributed by atoms with E-state index in [1.807, 2.05) is 55.5 Å². The van der Waals surface area contributed by atoms with Crippen LogP contribution in [0.15, 0.2) is 78.4 Å². The normalized spacial score (nSPS) is 15.3. The lowest BCUT2D eigenvalue weighted by atomic mass is 9.92. The second-order valence-corrected chi connectivity index (χ2v) is 7.71. The smallest absolute Gasteiger partial charge is 0.338 e. The van der Waals surface area contributed by atoms with E-state index in [-0.39, 0.29) is 6.61 Å². The van der Waals surface area contributed by atoms with Crippen LogP contribution in [0.3, 0.4) is 0 Å². The van der Waals surface area contributed by atoms with Crippen molar-refractivity contribution in [3.63, 3.8) is 0 Å². The number of amides is 2. The molecule has 0 saturated carbocycles. The van der Waals surface area contributed by atoms with E-state index in [1.165, 1.54) is 0 Å². The van der Waals surface area contributed by atoms with E-state index >= 15 is 0 Å². The van der Waals surface area contributed by atoms with Crippen molar-refractivity contribution in [1.29, 1.82) is 0 Å². The zero-order valence-electron chi connectivity index (χ0n) is 19.3. The van der Waals surface area contributed by atoms with Crippen LogP contribution >= 0.6 is 0 Å². The fourth-order valence-corrected chi connectivity index (χ4v) is 3.75. The Kier molecular flexibility index (Phi) is 6.82. The van der Waals surface area contributed by atoms with E-state index in [0.29, 0.717) is 28.3 Å². The van der Waals surface area contributed by atoms with Crippen LogP contribution in [0, 0.1) is 6.92 Å². The summed E-state index contributed by atoms with van der Waals surface area (Å²) < 4.78 is 16.5. The second-order valence-electron chi connectivity index (χ2n) is 7.71. The summed E-state index contributed by atoms with van der Waals surface area (Å²) in [4.78, 5) is 25.6. The third-order valence-electron chi connectivity index (χ3n) is 5.48. The number of carbonyl (C=O) groups excluding carboxylic acids is 2. The number of ether oxygens (including phenoxy) is 3. The molecule has 7 nitrogen and oxygen atoms in total. The standard InChI is InChI=1S/C27H26N2O5/c1-4-33-26(30)23-24(18-9-13-20(32-3)14-10-18)28-27(31)29-25(23)19-11-15-21(16-12-19)34-22-8-6-5-7-17(22)2/h5-16,25H,4H2,1-3H3,(H2,28,29,31). The Morgan fingerprint density at radius 1 is 0.941 bits per heavy atom. The zero-order valence-corrected chi connectivity index (χ0v) is 19.3. The number of nitrogens with one attached hydrogen (secondary N) is 2. The zero-order chi connectivity index (χ0) is 24.1. The van der Waals surface area contributed by atoms with Gasteiger partial charge in [0.2, 0.25) is 0 Å². The molecule has 1 atom stereocenters. The van der Waals surface area contributed by atoms with Crippen molar-refractivity contribution in [1.82, 2.24) is 10.6 Å². The van der Waals surface area contributed by atoms with Gasteiger partial charge in [0.25, 0.3) is 0 Å². The van der Waals surface area contributed by atoms with Crippen molar-refractivity contribution >= 4 is 17.7 Å². The Hall–Kier alpha value is -4.26. The topological polar surface area (TPSA) is 85.9 Å². The highest BCUT2D eigenvalue weighted by Gasteiger charge is 2.34. The van der Waals surface area contributed by atoms with Gasteiger partial charge >= 0.3 is 12.0 Å². The van der Waals surface area contributed by atoms with Crippen molar-refractivity contribution in [3.05, 3.63) is 95.1 Å². The monoisotopic (exact) mass is 458 g/mol. The summed E-state index contributed by atoms with van der Waals surface area (Å²) in [5, 5.41) is 5.62. The highest BCUT2D eigenvalue weighted by molar-refractivity contribution is 6.04. The Labute approximate surface area is 198 Å². The van der Waals surface area contributed by atoms with Gasteiger partial charge in [0.15, 0.2) is 0 Å². The summed E-state index contributed by atoms with van der Waals surface area (Å²) in [6, 6.07) is 21.0. The molecule has 0 aliphatic carbocycles. The van der Waals surface area contributed by atoms with E-state index in [9.17, 15) is 9.59 Å². The van der Waals surface area contributed by atoms with Crippen molar-refractivity contribution in [2.24, 2.45) is 0 Å². The molecule has 0 aromatic heterocycles. The van der Waals surface area contributed by atoms with Crippen molar-refractivity contribution < 1.29 is 23.8 Å². The van der Waals surface area contributed by atoms with E-state index in [4.69, 9.17) is 14.2 Å². The van der Waals surface area contributed by atoms with Gasteiger partial charge in [-0.1, -0.05) is 30.3 Å². The van der Waals surface area contributed by atoms with Crippen LogP contribution in [0.5, 0.6) is 17.2 Å². The van der Waals surface area contributed by atoms with Gasteiger partial charge in [-0.15, -0.1) is 0 Å². The van der Waals surface area contributed by atoms with Gasteiger partial charge in [-0.25, -0.2) is 9.59 Å². The van der Waals surface area contributed by atoms with Gasteiger partial charge in [0, 0.05) is 0 Å². The number of urea groups is 1. The molecule has 7 heteroatoms. The third kappa shape index (κ3) is 4.88. The first-order valence-corrected chi connectivity index (χ1v) is 11.0. The number of benzene rings is 3. The Balaban J connectivity index is 1.71. The van der Waals surface area contributed by atoms with E-state index in [1.54, 1.807) is 38.3 Å². The van der Waals surface area contributed by atoms with Gasteiger partial charge < -0.3 is 24.8 Å². The minimum Gasteiger partial charge on any atom is -0.497 e. The third-order valence-corrected chi connectivity index (χ3v) is 5.48. The molecular weight excluding hydrogens is 432 g/mol. The number of carbonyl (C=O) groups is 2. The number of hydrogen-bond acceptors (Lipinski definition) is 5. The first-order valence-electron chi connectivity index (χ1n) is 11.0. The van der Waals surface area contributed by atoms with Crippen molar-refractivity contribution in [2.75, 3.05) is 13.7 Å². The fraction of sp³-hybridized carbons (Fsp3) is 0.185. The molecule has 0 radical (unpaired) electrons. The minimum absolute atomic E-state index is 0.210. The average molecular weight is 459 g/mol. The molecule has 0 bridgehead atoms. The van der Waals surface area contributed by atoms with E-state index < -0.39 is 18.0 Å². The molecule has 1 heterocycles. The molecule has 4 rings (SSSR count). The average Bonchev–Trinajstić information content (AvgIpc) is 2.85. The summed E-state index contributed by atoms with van der Waals surface area (Å²) >= 11 is 0. The summed E-state index contributed by atoms with van der Waals surface area (Å²) in [5.41, 5.74) is 3.13. The molecule has 1 aliphatic rings. The van der Waals surface area contributed by atoms with Crippen LogP contribution in [0.25, 0.3) is 5.70 Å². The Bertz CT molecular complexity index is 1220. The lowest BCUT2D eigenvalue weighted by Crippen LogP contribution is -2.45. The lowest BCUT2D eigenvalue weighted by molar-refractivity contribution is -0.138. The van der Waals surface area contributed by atoms with Crippen LogP contribution in [0.2, 0.25) is 0 Å². The Morgan fingerprint density at radius 2 is 1.62 bits per heavy atom. The SMILES string of the molecule is CCOC(=O)C1=C(c2ccc(OC)cc2)NC(=O)NC1c1ccc(Oc2ccccc2C)cc1. The van der Waals surface area contributed by atoms with Crippen LogP contribution in [-0.2, 0) is 9.53 Å². The van der Waals surface area contributed by atoms with Crippen molar-refractivity contribution in [3.8, 4) is 17.2 Å². The molecule has 174 valence electrons. The number of methoxy groups -OCH3 is 1. The van der Waals surface area contributed by atoms with Gasteiger partial charge in [-0.2, -0.15) is 0 Å². The summed E-state index contributed by atoms with van der Waals surface area (Å²) in [7, 11) is 1.58. The molecule has 2 amide bonds. The molecule has 1 aliphatic heterocycles. The van der Waals surface area contributed by atoms with Crippen LogP contribution in [0.4, 0.5) is 4.79 Å². The maximum atomic E-state index is 13.0. The molecule has 2 N–H and O–H groups in total. The largest absolute Gasteiger partial charge is 0.497 e. The molecule has 0 saturated heterocycles. The maximum Gasteiger partial charge on any atom is 0.338 e. The molecule has 3 aromatic rings. The van der Waals surface area contributed by atoms with Crippen LogP contribution in [0.1, 0.15) is 29.7 Å². The summed E-state index contributed by atoms with van der Waals surface area (Å²) in [6.07, 6.45) is 0. The van der Waals surface area contributed by atoms with Crippen molar-refractivity contribution in [2.45, 2.75) is 19.9 Å². The number of esters is 1. The molecule has 34 heavy (non-hydrogen) atoms. The molecule has 0 fully saturated rings. The van der Waals surface area contributed by atoms with Gasteiger partial charge in [0.05, 0.1) is 31.0 Å². The number of aryl methyl sites for hydroxylation is 1. The Morgan fingerprint density at radius 3 is 2.26 bits per heavy atom. The predicted octanol–water partition coefficient (Wildman–Crippen LogP) is 5.12. The van der Waals surface area contributed by atoms with Gasteiger partial charge in [-0.05, 0) is 73.0 Å².